The fourth-order valence-corrected chi connectivity index (χ4v) is 1.80. The Balaban J connectivity index is 2.58. The molecule has 1 aromatic rings. The number of carboxylic acid groups (broad SMARTS) is 1. The Bertz CT molecular complexity index is 393. The van der Waals surface area contributed by atoms with Crippen molar-refractivity contribution in [3.63, 3.8) is 0 Å². The average molecular weight is 253 g/mol. The maximum atomic E-state index is 13.5. The molecule has 0 saturated carbocycles. The van der Waals surface area contributed by atoms with Gasteiger partial charge in [-0.25, -0.2) is 4.39 Å². The van der Waals surface area contributed by atoms with Crippen molar-refractivity contribution in [3.8, 4) is 0 Å². The maximum absolute atomic E-state index is 13.5. The van der Waals surface area contributed by atoms with E-state index in [0.29, 0.717) is 25.1 Å². The van der Waals surface area contributed by atoms with E-state index in [2.05, 4.69) is 4.90 Å². The summed E-state index contributed by atoms with van der Waals surface area (Å²) in [5.41, 5.74) is 0.654. The number of hydrogen-bond donors (Lipinski definition) is 1. The van der Waals surface area contributed by atoms with Crippen molar-refractivity contribution in [2.45, 2.75) is 39.3 Å². The van der Waals surface area contributed by atoms with Gasteiger partial charge >= 0.3 is 5.97 Å². The summed E-state index contributed by atoms with van der Waals surface area (Å²) in [7, 11) is 0. The Morgan fingerprint density at radius 2 is 2.06 bits per heavy atom. The fraction of sp³-hybridized carbons (Fsp3) is 0.500. The highest BCUT2D eigenvalue weighted by atomic mass is 19.1. The Kier molecular flexibility index (Phi) is 5.78. The number of nitrogens with zero attached hydrogens (tertiary/aromatic N) is 1. The lowest BCUT2D eigenvalue weighted by Crippen LogP contribution is -2.31. The van der Waals surface area contributed by atoms with Crippen LogP contribution in [0.5, 0.6) is 0 Å². The van der Waals surface area contributed by atoms with E-state index in [-0.39, 0.29) is 18.3 Å². The first-order chi connectivity index (χ1) is 8.50. The Hall–Kier alpha value is -1.42. The molecule has 0 saturated heterocycles. The summed E-state index contributed by atoms with van der Waals surface area (Å²) in [6.07, 6.45) is 0.739. The molecule has 18 heavy (non-hydrogen) atoms. The minimum Gasteiger partial charge on any atom is -0.481 e. The smallest absolute Gasteiger partial charge is 0.303 e. The monoisotopic (exact) mass is 253 g/mol. The first kappa shape index (κ1) is 14.6. The lowest BCUT2D eigenvalue weighted by atomic mass is 10.1. The molecule has 1 N–H and O–H groups in total. The van der Waals surface area contributed by atoms with E-state index in [9.17, 15) is 9.18 Å². The SMILES string of the molecule is CC(C)N(CCCC(=O)O)Cc1ccccc1F. The van der Waals surface area contributed by atoms with E-state index in [1.54, 1.807) is 12.1 Å². The maximum Gasteiger partial charge on any atom is 0.303 e. The highest BCUT2D eigenvalue weighted by Gasteiger charge is 2.12. The van der Waals surface area contributed by atoms with Crippen molar-refractivity contribution < 1.29 is 14.3 Å². The number of rotatable bonds is 7. The van der Waals surface area contributed by atoms with Crippen LogP contribution < -0.4 is 0 Å². The van der Waals surface area contributed by atoms with Crippen LogP contribution in [0.4, 0.5) is 4.39 Å². The zero-order valence-corrected chi connectivity index (χ0v) is 10.9. The molecule has 0 spiro atoms. The topological polar surface area (TPSA) is 40.5 Å². The van der Waals surface area contributed by atoms with Crippen LogP contribution in [-0.2, 0) is 11.3 Å². The average Bonchev–Trinajstić information content (AvgIpc) is 2.29. The molecule has 0 aliphatic heterocycles. The lowest BCUT2D eigenvalue weighted by molar-refractivity contribution is -0.137. The Labute approximate surface area is 107 Å². The summed E-state index contributed by atoms with van der Waals surface area (Å²) in [6.45, 7) is 5.24. The second-order valence-corrected chi connectivity index (χ2v) is 4.65. The summed E-state index contributed by atoms with van der Waals surface area (Å²) in [4.78, 5) is 12.6. The van der Waals surface area contributed by atoms with Gasteiger partial charge in [0.2, 0.25) is 0 Å². The molecule has 0 aliphatic rings. The summed E-state index contributed by atoms with van der Waals surface area (Å²) < 4.78 is 13.5. The van der Waals surface area contributed by atoms with E-state index in [4.69, 9.17) is 5.11 Å². The molecule has 4 heteroatoms. The number of halogens is 1. The molecule has 0 unspecified atom stereocenters. The van der Waals surface area contributed by atoms with Gasteiger partial charge in [-0.05, 0) is 32.9 Å². The van der Waals surface area contributed by atoms with E-state index in [1.807, 2.05) is 19.9 Å². The lowest BCUT2D eigenvalue weighted by Gasteiger charge is -2.26. The third kappa shape index (κ3) is 4.84. The summed E-state index contributed by atoms with van der Waals surface area (Å²) >= 11 is 0. The van der Waals surface area contributed by atoms with Crippen molar-refractivity contribution >= 4 is 5.97 Å². The highest BCUT2D eigenvalue weighted by Crippen LogP contribution is 2.12. The highest BCUT2D eigenvalue weighted by molar-refractivity contribution is 5.66. The van der Waals surface area contributed by atoms with Gasteiger partial charge in [0.1, 0.15) is 5.82 Å². The van der Waals surface area contributed by atoms with Crippen LogP contribution in [0.3, 0.4) is 0 Å². The summed E-state index contributed by atoms with van der Waals surface area (Å²) in [5.74, 6) is -0.994. The Morgan fingerprint density at radius 1 is 1.39 bits per heavy atom. The number of benzene rings is 1. The molecule has 0 fully saturated rings. The minimum atomic E-state index is -0.787. The Morgan fingerprint density at radius 3 is 2.61 bits per heavy atom. The summed E-state index contributed by atoms with van der Waals surface area (Å²) in [6, 6.07) is 6.96. The molecule has 1 aromatic carbocycles. The van der Waals surface area contributed by atoms with Crippen molar-refractivity contribution in [1.82, 2.24) is 4.90 Å². The van der Waals surface area contributed by atoms with Gasteiger partial charge in [0, 0.05) is 24.6 Å². The van der Waals surface area contributed by atoms with Gasteiger partial charge in [0.25, 0.3) is 0 Å². The number of aliphatic carboxylic acids is 1. The zero-order chi connectivity index (χ0) is 13.5. The van der Waals surface area contributed by atoms with Crippen LogP contribution >= 0.6 is 0 Å². The molecule has 0 atom stereocenters. The van der Waals surface area contributed by atoms with Crippen LogP contribution in [0.15, 0.2) is 24.3 Å². The standard InChI is InChI=1S/C14H20FNO2/c1-11(2)16(9-5-8-14(17)18)10-12-6-3-4-7-13(12)15/h3-4,6-7,11H,5,8-10H2,1-2H3,(H,17,18). The van der Waals surface area contributed by atoms with Crippen molar-refractivity contribution in [2.75, 3.05) is 6.54 Å². The second-order valence-electron chi connectivity index (χ2n) is 4.65. The first-order valence-corrected chi connectivity index (χ1v) is 6.20. The van der Waals surface area contributed by atoms with Gasteiger partial charge in [-0.2, -0.15) is 0 Å². The molecule has 1 rings (SSSR count). The number of carboxylic acids is 1. The van der Waals surface area contributed by atoms with Gasteiger partial charge < -0.3 is 5.11 Å². The minimum absolute atomic E-state index is 0.153. The molecule has 0 radical (unpaired) electrons. The van der Waals surface area contributed by atoms with E-state index < -0.39 is 5.97 Å². The molecular weight excluding hydrogens is 233 g/mol. The van der Waals surface area contributed by atoms with Crippen LogP contribution in [0, 0.1) is 5.82 Å². The predicted octanol–water partition coefficient (Wildman–Crippen LogP) is 2.90. The van der Waals surface area contributed by atoms with Crippen molar-refractivity contribution in [1.29, 1.82) is 0 Å². The van der Waals surface area contributed by atoms with Crippen LogP contribution in [0.1, 0.15) is 32.3 Å². The van der Waals surface area contributed by atoms with Crippen molar-refractivity contribution in [3.05, 3.63) is 35.6 Å². The number of hydrogen-bond acceptors (Lipinski definition) is 2. The van der Waals surface area contributed by atoms with Crippen LogP contribution in [0.25, 0.3) is 0 Å². The van der Waals surface area contributed by atoms with E-state index in [1.165, 1.54) is 6.07 Å². The van der Waals surface area contributed by atoms with Gasteiger partial charge in [-0.3, -0.25) is 9.69 Å². The molecule has 0 amide bonds. The van der Waals surface area contributed by atoms with Gasteiger partial charge in [0.15, 0.2) is 0 Å². The summed E-state index contributed by atoms with van der Waals surface area (Å²) in [5, 5.41) is 8.62. The predicted molar refractivity (Wildman–Crippen MR) is 68.8 cm³/mol. The normalized spacial score (nSPS) is 11.2. The van der Waals surface area contributed by atoms with Crippen LogP contribution in [0.2, 0.25) is 0 Å². The molecule has 3 nitrogen and oxygen atoms in total. The molecule has 0 aromatic heterocycles. The van der Waals surface area contributed by atoms with Gasteiger partial charge in [0.05, 0.1) is 0 Å². The number of carbonyl (C=O) groups is 1. The largest absolute Gasteiger partial charge is 0.481 e. The quantitative estimate of drug-likeness (QED) is 0.812. The third-order valence-electron chi connectivity index (χ3n) is 2.90. The van der Waals surface area contributed by atoms with Gasteiger partial charge in [-0.15, -0.1) is 0 Å². The third-order valence-corrected chi connectivity index (χ3v) is 2.90. The van der Waals surface area contributed by atoms with E-state index >= 15 is 0 Å². The zero-order valence-electron chi connectivity index (χ0n) is 10.9. The molecule has 0 bridgehead atoms. The molecule has 100 valence electrons. The van der Waals surface area contributed by atoms with E-state index in [0.717, 1.165) is 0 Å². The van der Waals surface area contributed by atoms with Gasteiger partial charge in [-0.1, -0.05) is 18.2 Å². The fourth-order valence-electron chi connectivity index (χ4n) is 1.80. The molecular formula is C14H20FNO2. The molecule has 0 heterocycles. The second kappa shape index (κ2) is 7.11. The molecule has 0 aliphatic carbocycles. The van der Waals surface area contributed by atoms with Crippen molar-refractivity contribution in [2.24, 2.45) is 0 Å². The first-order valence-electron chi connectivity index (χ1n) is 6.20. The van der Waals surface area contributed by atoms with Crippen LogP contribution in [-0.4, -0.2) is 28.6 Å².